The summed E-state index contributed by atoms with van der Waals surface area (Å²) in [5, 5.41) is 24.1. The van der Waals surface area contributed by atoms with Crippen LogP contribution in [-0.4, -0.2) is 39.5 Å². The van der Waals surface area contributed by atoms with E-state index >= 15 is 0 Å². The van der Waals surface area contributed by atoms with E-state index in [4.69, 9.17) is 9.47 Å². The number of aromatic nitrogens is 2. The molecule has 2 aromatic carbocycles. The highest BCUT2D eigenvalue weighted by atomic mass is 32.2. The van der Waals surface area contributed by atoms with Crippen molar-refractivity contribution in [1.82, 2.24) is 10.2 Å². The van der Waals surface area contributed by atoms with Gasteiger partial charge in [0, 0.05) is 23.4 Å². The standard InChI is InChI=1S/C18H13N5O6S2/c24-15(19-11-2-4-12(5-3-11)23(26)27)8-30-18-22-21-17(31-18)20-16(25)10-1-6-13-14(7-10)29-9-28-13/h1-7H,8-9H2,(H,19,24)(H,20,21,25). The molecule has 0 fully saturated rings. The predicted octanol–water partition coefficient (Wildman–Crippen LogP) is 3.16. The number of benzene rings is 2. The van der Waals surface area contributed by atoms with Gasteiger partial charge in [-0.2, -0.15) is 0 Å². The third-order valence-electron chi connectivity index (χ3n) is 3.95. The van der Waals surface area contributed by atoms with Crippen molar-refractivity contribution in [3.8, 4) is 11.5 Å². The Morgan fingerprint density at radius 3 is 2.65 bits per heavy atom. The quantitative estimate of drug-likeness (QED) is 0.235. The molecular formula is C18H13N5O6S2. The van der Waals surface area contributed by atoms with E-state index in [-0.39, 0.29) is 30.0 Å². The molecule has 4 rings (SSSR count). The number of nitrogens with zero attached hydrogens (tertiary/aromatic N) is 3. The highest BCUT2D eigenvalue weighted by molar-refractivity contribution is 8.01. The molecule has 0 atom stereocenters. The molecule has 11 nitrogen and oxygen atoms in total. The number of fused-ring (bicyclic) bond motifs is 1. The predicted molar refractivity (Wildman–Crippen MR) is 113 cm³/mol. The van der Waals surface area contributed by atoms with Gasteiger partial charge in [0.25, 0.3) is 11.6 Å². The summed E-state index contributed by atoms with van der Waals surface area (Å²) in [5.74, 6) is 0.460. The summed E-state index contributed by atoms with van der Waals surface area (Å²) in [4.78, 5) is 34.6. The number of ether oxygens (including phenoxy) is 2. The minimum absolute atomic E-state index is 0.0573. The normalized spacial score (nSPS) is 11.7. The second-order valence-electron chi connectivity index (χ2n) is 6.04. The van der Waals surface area contributed by atoms with E-state index < -0.39 is 4.92 Å². The number of non-ortho nitro benzene ring substituents is 1. The molecule has 0 aliphatic carbocycles. The van der Waals surface area contributed by atoms with E-state index in [1.54, 1.807) is 18.2 Å². The zero-order valence-corrected chi connectivity index (χ0v) is 17.2. The van der Waals surface area contributed by atoms with Gasteiger partial charge in [0.2, 0.25) is 17.8 Å². The van der Waals surface area contributed by atoms with Crippen molar-refractivity contribution in [1.29, 1.82) is 0 Å². The fourth-order valence-corrected chi connectivity index (χ4v) is 4.06. The zero-order valence-electron chi connectivity index (χ0n) is 15.6. The first kappa shape index (κ1) is 20.6. The van der Waals surface area contributed by atoms with Gasteiger partial charge in [-0.1, -0.05) is 23.1 Å². The van der Waals surface area contributed by atoms with Crippen LogP contribution in [0.4, 0.5) is 16.5 Å². The first-order valence-electron chi connectivity index (χ1n) is 8.69. The van der Waals surface area contributed by atoms with Gasteiger partial charge in [0.1, 0.15) is 0 Å². The van der Waals surface area contributed by atoms with Crippen molar-refractivity contribution in [2.75, 3.05) is 23.2 Å². The lowest BCUT2D eigenvalue weighted by Gasteiger charge is -2.03. The molecule has 0 bridgehead atoms. The monoisotopic (exact) mass is 459 g/mol. The fourth-order valence-electron chi connectivity index (χ4n) is 2.52. The number of hydrogen-bond acceptors (Lipinski definition) is 10. The Bertz CT molecular complexity index is 1150. The first-order chi connectivity index (χ1) is 15.0. The van der Waals surface area contributed by atoms with Crippen LogP contribution in [-0.2, 0) is 4.79 Å². The number of carbonyl (C=O) groups excluding carboxylic acids is 2. The summed E-state index contributed by atoms with van der Waals surface area (Å²) in [6, 6.07) is 10.4. The molecule has 0 saturated carbocycles. The van der Waals surface area contributed by atoms with Crippen molar-refractivity contribution in [2.24, 2.45) is 0 Å². The van der Waals surface area contributed by atoms with Crippen LogP contribution < -0.4 is 20.1 Å². The molecule has 158 valence electrons. The second kappa shape index (κ2) is 8.97. The Balaban J connectivity index is 1.28. The molecule has 0 saturated heterocycles. The summed E-state index contributed by atoms with van der Waals surface area (Å²) >= 11 is 2.29. The Labute approximate surface area is 182 Å². The number of nitro groups is 1. The van der Waals surface area contributed by atoms with Gasteiger partial charge in [-0.15, -0.1) is 10.2 Å². The van der Waals surface area contributed by atoms with Crippen LogP contribution in [0, 0.1) is 10.1 Å². The van der Waals surface area contributed by atoms with Crippen LogP contribution in [0.1, 0.15) is 10.4 Å². The lowest BCUT2D eigenvalue weighted by molar-refractivity contribution is -0.384. The topological polar surface area (TPSA) is 146 Å². The number of thioether (sulfide) groups is 1. The van der Waals surface area contributed by atoms with Crippen molar-refractivity contribution >= 4 is 51.4 Å². The molecule has 13 heteroatoms. The van der Waals surface area contributed by atoms with E-state index in [0.717, 1.165) is 23.1 Å². The smallest absolute Gasteiger partial charge is 0.269 e. The summed E-state index contributed by atoms with van der Waals surface area (Å²) in [6.07, 6.45) is 0. The number of hydrogen-bond donors (Lipinski definition) is 2. The van der Waals surface area contributed by atoms with Crippen LogP contribution in [0.5, 0.6) is 11.5 Å². The van der Waals surface area contributed by atoms with Gasteiger partial charge in [-0.05, 0) is 30.3 Å². The lowest BCUT2D eigenvalue weighted by atomic mass is 10.2. The maximum atomic E-state index is 12.4. The van der Waals surface area contributed by atoms with Crippen LogP contribution in [0.25, 0.3) is 0 Å². The molecular weight excluding hydrogens is 446 g/mol. The number of anilines is 2. The molecule has 0 unspecified atom stereocenters. The zero-order chi connectivity index (χ0) is 21.8. The Morgan fingerprint density at radius 2 is 1.87 bits per heavy atom. The van der Waals surface area contributed by atoms with Gasteiger partial charge in [0.05, 0.1) is 10.7 Å². The van der Waals surface area contributed by atoms with Crippen LogP contribution in [0.2, 0.25) is 0 Å². The van der Waals surface area contributed by atoms with Crippen molar-refractivity contribution in [3.05, 3.63) is 58.1 Å². The number of nitro benzene ring substituents is 1. The molecule has 31 heavy (non-hydrogen) atoms. The highest BCUT2D eigenvalue weighted by Crippen LogP contribution is 2.33. The number of rotatable bonds is 7. The van der Waals surface area contributed by atoms with Crippen LogP contribution in [0.3, 0.4) is 0 Å². The molecule has 2 heterocycles. The SMILES string of the molecule is O=C(CSc1nnc(NC(=O)c2ccc3c(c2)OCO3)s1)Nc1ccc([N+](=O)[O-])cc1. The summed E-state index contributed by atoms with van der Waals surface area (Å²) < 4.78 is 11.0. The van der Waals surface area contributed by atoms with Crippen molar-refractivity contribution in [2.45, 2.75) is 4.34 Å². The summed E-state index contributed by atoms with van der Waals surface area (Å²) in [6.45, 7) is 0.120. The first-order valence-corrected chi connectivity index (χ1v) is 10.5. The molecule has 1 aliphatic rings. The van der Waals surface area contributed by atoms with Gasteiger partial charge >= 0.3 is 0 Å². The molecule has 0 radical (unpaired) electrons. The van der Waals surface area contributed by atoms with E-state index in [1.165, 1.54) is 24.3 Å². The second-order valence-corrected chi connectivity index (χ2v) is 8.24. The van der Waals surface area contributed by atoms with E-state index in [2.05, 4.69) is 20.8 Å². The maximum absolute atomic E-state index is 12.4. The van der Waals surface area contributed by atoms with Gasteiger partial charge < -0.3 is 14.8 Å². The number of nitrogens with one attached hydrogen (secondary N) is 2. The average Bonchev–Trinajstić information content (AvgIpc) is 3.41. The minimum atomic E-state index is -0.514. The Hall–Kier alpha value is -3.71. The van der Waals surface area contributed by atoms with Crippen LogP contribution >= 0.6 is 23.1 Å². The van der Waals surface area contributed by atoms with E-state index in [9.17, 15) is 19.7 Å². The third-order valence-corrected chi connectivity index (χ3v) is 5.92. The van der Waals surface area contributed by atoms with Gasteiger partial charge in [0.15, 0.2) is 15.8 Å². The maximum Gasteiger partial charge on any atom is 0.269 e. The Kier molecular flexibility index (Phi) is 5.95. The average molecular weight is 459 g/mol. The van der Waals surface area contributed by atoms with Gasteiger partial charge in [-0.25, -0.2) is 0 Å². The molecule has 2 N–H and O–H groups in total. The lowest BCUT2D eigenvalue weighted by Crippen LogP contribution is -2.13. The van der Waals surface area contributed by atoms with E-state index in [0.29, 0.717) is 32.2 Å². The molecule has 1 aliphatic heterocycles. The molecule has 2 amide bonds. The van der Waals surface area contributed by atoms with Crippen LogP contribution in [0.15, 0.2) is 46.8 Å². The highest BCUT2D eigenvalue weighted by Gasteiger charge is 2.17. The van der Waals surface area contributed by atoms with E-state index in [1.807, 2.05) is 0 Å². The number of amides is 2. The third kappa shape index (κ3) is 5.07. The van der Waals surface area contributed by atoms with Crippen molar-refractivity contribution in [3.63, 3.8) is 0 Å². The summed E-state index contributed by atoms with van der Waals surface area (Å²) in [5.41, 5.74) is 0.776. The van der Waals surface area contributed by atoms with Gasteiger partial charge in [-0.3, -0.25) is 25.0 Å². The number of carbonyl (C=O) groups is 2. The largest absolute Gasteiger partial charge is 0.454 e. The van der Waals surface area contributed by atoms with Crippen molar-refractivity contribution < 1.29 is 24.0 Å². The fraction of sp³-hybridized carbons (Fsp3) is 0.111. The molecule has 1 aromatic heterocycles. The molecule has 0 spiro atoms. The Morgan fingerprint density at radius 1 is 1.10 bits per heavy atom. The summed E-state index contributed by atoms with van der Waals surface area (Å²) in [7, 11) is 0. The molecule has 3 aromatic rings. The minimum Gasteiger partial charge on any atom is -0.454 e.